The first-order valence-corrected chi connectivity index (χ1v) is 8.12. The van der Waals surface area contributed by atoms with Crippen LogP contribution in [0, 0.1) is 5.92 Å². The Bertz CT molecular complexity index is 456. The monoisotopic (exact) mass is 324 g/mol. The van der Waals surface area contributed by atoms with E-state index in [1.807, 2.05) is 6.92 Å². The van der Waals surface area contributed by atoms with Gasteiger partial charge >= 0.3 is 5.97 Å². The molecule has 1 aromatic carbocycles. The molecule has 104 valence electrons. The second-order valence-electron chi connectivity index (χ2n) is 5.29. The van der Waals surface area contributed by atoms with Crippen molar-refractivity contribution in [3.8, 4) is 0 Å². The van der Waals surface area contributed by atoms with Gasteiger partial charge in [-0.3, -0.25) is 4.79 Å². The number of carbonyl (C=O) groups excluding carboxylic acids is 1. The van der Waals surface area contributed by atoms with Crippen molar-refractivity contribution in [1.29, 1.82) is 0 Å². The molecule has 0 amide bonds. The van der Waals surface area contributed by atoms with Gasteiger partial charge in [0.05, 0.1) is 5.92 Å². The summed E-state index contributed by atoms with van der Waals surface area (Å²) in [5.41, 5.74) is 3.95. The summed E-state index contributed by atoms with van der Waals surface area (Å²) in [5, 5.41) is 0.688. The molecule has 2 unspecified atom stereocenters. The predicted octanol–water partition coefficient (Wildman–Crippen LogP) is 3.85. The standard InChI is InChI=1S/C16H21BrO2/c1-3-12-8-14-5-4-13(10-15(14)9-12)11(2)16(18)19-7-6-17/h4-5,10-12H,3,6-9H2,1-2H3. The summed E-state index contributed by atoms with van der Waals surface area (Å²) in [7, 11) is 0. The van der Waals surface area contributed by atoms with E-state index in [1.165, 1.54) is 24.0 Å². The first-order valence-electron chi connectivity index (χ1n) is 7.00. The Kier molecular flexibility index (Phi) is 5.03. The lowest BCUT2D eigenvalue weighted by atomic mass is 9.97. The first-order chi connectivity index (χ1) is 9.15. The van der Waals surface area contributed by atoms with Crippen LogP contribution in [0.1, 0.15) is 42.9 Å². The number of ether oxygens (including phenoxy) is 1. The third kappa shape index (κ3) is 3.38. The Morgan fingerprint density at radius 3 is 2.84 bits per heavy atom. The van der Waals surface area contributed by atoms with Crippen LogP contribution in [0.25, 0.3) is 0 Å². The predicted molar refractivity (Wildman–Crippen MR) is 80.8 cm³/mol. The molecule has 0 saturated carbocycles. The van der Waals surface area contributed by atoms with Crippen LogP contribution in [-0.4, -0.2) is 17.9 Å². The molecule has 2 atom stereocenters. The lowest BCUT2D eigenvalue weighted by molar-refractivity contribution is -0.144. The average molecular weight is 325 g/mol. The first kappa shape index (κ1) is 14.6. The van der Waals surface area contributed by atoms with Gasteiger partial charge in [0, 0.05) is 5.33 Å². The van der Waals surface area contributed by atoms with E-state index in [9.17, 15) is 4.79 Å². The van der Waals surface area contributed by atoms with Gasteiger partial charge in [-0.15, -0.1) is 0 Å². The van der Waals surface area contributed by atoms with Gasteiger partial charge < -0.3 is 4.74 Å². The summed E-state index contributed by atoms with van der Waals surface area (Å²) in [6.45, 7) is 4.61. The number of fused-ring (bicyclic) bond motifs is 1. The summed E-state index contributed by atoms with van der Waals surface area (Å²) in [6.07, 6.45) is 3.57. The Morgan fingerprint density at radius 1 is 1.42 bits per heavy atom. The maximum absolute atomic E-state index is 11.9. The molecule has 0 bridgehead atoms. The topological polar surface area (TPSA) is 26.3 Å². The second-order valence-corrected chi connectivity index (χ2v) is 6.08. The minimum Gasteiger partial charge on any atom is -0.464 e. The molecule has 2 nitrogen and oxygen atoms in total. The minimum absolute atomic E-state index is 0.135. The van der Waals surface area contributed by atoms with Crippen molar-refractivity contribution in [3.63, 3.8) is 0 Å². The normalized spacial score (nSPS) is 19.0. The van der Waals surface area contributed by atoms with Crippen LogP contribution in [0.2, 0.25) is 0 Å². The average Bonchev–Trinajstić information content (AvgIpc) is 2.85. The van der Waals surface area contributed by atoms with E-state index in [0.717, 1.165) is 17.9 Å². The zero-order chi connectivity index (χ0) is 13.8. The van der Waals surface area contributed by atoms with Crippen molar-refractivity contribution in [2.45, 2.75) is 39.0 Å². The molecule has 19 heavy (non-hydrogen) atoms. The molecule has 0 fully saturated rings. The molecule has 0 N–H and O–H groups in total. The Hall–Kier alpha value is -0.830. The summed E-state index contributed by atoms with van der Waals surface area (Å²) in [4.78, 5) is 11.9. The number of halogens is 1. The van der Waals surface area contributed by atoms with Crippen molar-refractivity contribution < 1.29 is 9.53 Å². The van der Waals surface area contributed by atoms with Crippen molar-refractivity contribution in [2.75, 3.05) is 11.9 Å². The third-order valence-electron chi connectivity index (χ3n) is 4.00. The molecular formula is C16H21BrO2. The van der Waals surface area contributed by atoms with Crippen molar-refractivity contribution >= 4 is 21.9 Å². The van der Waals surface area contributed by atoms with E-state index in [4.69, 9.17) is 4.74 Å². The third-order valence-corrected chi connectivity index (χ3v) is 4.32. The van der Waals surface area contributed by atoms with E-state index < -0.39 is 0 Å². The van der Waals surface area contributed by atoms with E-state index >= 15 is 0 Å². The molecule has 1 aromatic rings. The fourth-order valence-electron chi connectivity index (χ4n) is 2.69. The van der Waals surface area contributed by atoms with Crippen LogP contribution < -0.4 is 0 Å². The molecule has 2 rings (SSSR count). The zero-order valence-electron chi connectivity index (χ0n) is 11.6. The van der Waals surface area contributed by atoms with E-state index in [1.54, 1.807) is 0 Å². The van der Waals surface area contributed by atoms with Crippen LogP contribution in [-0.2, 0) is 22.4 Å². The van der Waals surface area contributed by atoms with Crippen LogP contribution in [0.15, 0.2) is 18.2 Å². The van der Waals surface area contributed by atoms with Gasteiger partial charge in [0.2, 0.25) is 0 Å². The highest BCUT2D eigenvalue weighted by Gasteiger charge is 2.23. The highest BCUT2D eigenvalue weighted by atomic mass is 79.9. The summed E-state index contributed by atoms with van der Waals surface area (Å²) >= 11 is 3.26. The molecule has 3 heteroatoms. The van der Waals surface area contributed by atoms with Gasteiger partial charge in [0.15, 0.2) is 0 Å². The molecule has 0 spiro atoms. The molecular weight excluding hydrogens is 304 g/mol. The van der Waals surface area contributed by atoms with Gasteiger partial charge in [0.1, 0.15) is 6.61 Å². The molecule has 0 saturated heterocycles. The SMILES string of the molecule is CCC1Cc2ccc(C(C)C(=O)OCCBr)cc2C1. The Balaban J connectivity index is 2.08. The molecule has 0 aromatic heterocycles. The van der Waals surface area contributed by atoms with Gasteiger partial charge in [-0.1, -0.05) is 47.5 Å². The van der Waals surface area contributed by atoms with Crippen LogP contribution in [0.3, 0.4) is 0 Å². The second kappa shape index (κ2) is 6.56. The lowest BCUT2D eigenvalue weighted by Gasteiger charge is -2.12. The van der Waals surface area contributed by atoms with E-state index in [2.05, 4.69) is 41.1 Å². The van der Waals surface area contributed by atoms with Gasteiger partial charge in [0.25, 0.3) is 0 Å². The number of esters is 1. The van der Waals surface area contributed by atoms with E-state index in [-0.39, 0.29) is 11.9 Å². The quantitative estimate of drug-likeness (QED) is 0.607. The van der Waals surface area contributed by atoms with Crippen molar-refractivity contribution in [2.24, 2.45) is 5.92 Å². The molecule has 1 aliphatic carbocycles. The van der Waals surface area contributed by atoms with Crippen molar-refractivity contribution in [3.05, 3.63) is 34.9 Å². The van der Waals surface area contributed by atoms with Crippen LogP contribution >= 0.6 is 15.9 Å². The zero-order valence-corrected chi connectivity index (χ0v) is 13.2. The highest BCUT2D eigenvalue weighted by Crippen LogP contribution is 2.31. The smallest absolute Gasteiger partial charge is 0.313 e. The number of alkyl halides is 1. The summed E-state index contributed by atoms with van der Waals surface area (Å²) in [6, 6.07) is 6.47. The summed E-state index contributed by atoms with van der Waals surface area (Å²) < 4.78 is 5.18. The Morgan fingerprint density at radius 2 is 2.16 bits per heavy atom. The summed E-state index contributed by atoms with van der Waals surface area (Å²) in [5.74, 6) is 0.468. The fraction of sp³-hybridized carbons (Fsp3) is 0.562. The maximum Gasteiger partial charge on any atom is 0.313 e. The van der Waals surface area contributed by atoms with Gasteiger partial charge in [-0.2, -0.15) is 0 Å². The largest absolute Gasteiger partial charge is 0.464 e. The number of hydrogen-bond donors (Lipinski definition) is 0. The lowest BCUT2D eigenvalue weighted by Crippen LogP contribution is -2.14. The number of benzene rings is 1. The van der Waals surface area contributed by atoms with E-state index in [0.29, 0.717) is 11.9 Å². The number of carbonyl (C=O) groups is 1. The van der Waals surface area contributed by atoms with Crippen molar-refractivity contribution in [1.82, 2.24) is 0 Å². The van der Waals surface area contributed by atoms with Crippen LogP contribution in [0.4, 0.5) is 0 Å². The molecule has 0 aliphatic heterocycles. The van der Waals surface area contributed by atoms with Gasteiger partial charge in [-0.25, -0.2) is 0 Å². The molecule has 0 heterocycles. The highest BCUT2D eigenvalue weighted by molar-refractivity contribution is 9.09. The fourth-order valence-corrected chi connectivity index (χ4v) is 2.85. The minimum atomic E-state index is -0.176. The number of hydrogen-bond acceptors (Lipinski definition) is 2. The maximum atomic E-state index is 11.9. The molecule has 0 radical (unpaired) electrons. The van der Waals surface area contributed by atoms with Crippen LogP contribution in [0.5, 0.6) is 0 Å². The van der Waals surface area contributed by atoms with Gasteiger partial charge in [-0.05, 0) is 42.4 Å². The molecule has 1 aliphatic rings. The number of rotatable bonds is 5. The Labute approximate surface area is 123 Å².